The SMILES string of the molecule is Clc1nc(C2CCCC2)nc(Cl)c1-c1cccc(Br)c1. The number of benzene rings is 1. The fourth-order valence-corrected chi connectivity index (χ4v) is 3.69. The van der Waals surface area contributed by atoms with Crippen LogP contribution in [0, 0.1) is 0 Å². The average molecular weight is 372 g/mol. The summed E-state index contributed by atoms with van der Waals surface area (Å²) < 4.78 is 0.974. The van der Waals surface area contributed by atoms with Crippen molar-refractivity contribution in [3.05, 3.63) is 44.9 Å². The zero-order valence-corrected chi connectivity index (χ0v) is 13.8. The van der Waals surface area contributed by atoms with Gasteiger partial charge in [-0.15, -0.1) is 0 Å². The maximum atomic E-state index is 6.35. The topological polar surface area (TPSA) is 25.8 Å². The van der Waals surface area contributed by atoms with Gasteiger partial charge >= 0.3 is 0 Å². The molecular formula is C15H13BrCl2N2. The largest absolute Gasteiger partial charge is 0.220 e. The van der Waals surface area contributed by atoms with Crippen LogP contribution in [0.1, 0.15) is 37.4 Å². The van der Waals surface area contributed by atoms with E-state index in [1.54, 1.807) is 0 Å². The van der Waals surface area contributed by atoms with Crippen molar-refractivity contribution in [3.8, 4) is 11.1 Å². The Bertz CT molecular complexity index is 617. The Kier molecular flexibility index (Phi) is 4.29. The van der Waals surface area contributed by atoms with Crippen LogP contribution in [0.4, 0.5) is 0 Å². The fourth-order valence-electron chi connectivity index (χ4n) is 2.67. The van der Waals surface area contributed by atoms with Gasteiger partial charge in [0.25, 0.3) is 0 Å². The van der Waals surface area contributed by atoms with Gasteiger partial charge in [-0.25, -0.2) is 9.97 Å². The Balaban J connectivity index is 2.04. The monoisotopic (exact) mass is 370 g/mol. The molecule has 0 bridgehead atoms. The molecular weight excluding hydrogens is 359 g/mol. The molecule has 0 amide bonds. The lowest BCUT2D eigenvalue weighted by atomic mass is 10.1. The van der Waals surface area contributed by atoms with Crippen molar-refractivity contribution in [1.82, 2.24) is 9.97 Å². The maximum Gasteiger partial charge on any atom is 0.142 e. The molecule has 1 aliphatic carbocycles. The smallest absolute Gasteiger partial charge is 0.142 e. The summed E-state index contributed by atoms with van der Waals surface area (Å²) in [5.74, 6) is 1.19. The van der Waals surface area contributed by atoms with Crippen LogP contribution in [0.3, 0.4) is 0 Å². The molecule has 1 aromatic heterocycles. The van der Waals surface area contributed by atoms with E-state index in [2.05, 4.69) is 25.9 Å². The highest BCUT2D eigenvalue weighted by atomic mass is 79.9. The van der Waals surface area contributed by atoms with Crippen LogP contribution in [0.5, 0.6) is 0 Å². The van der Waals surface area contributed by atoms with Crippen molar-refractivity contribution in [2.24, 2.45) is 0 Å². The second kappa shape index (κ2) is 6.00. The average Bonchev–Trinajstić information content (AvgIpc) is 2.91. The minimum absolute atomic E-state index is 0.404. The highest BCUT2D eigenvalue weighted by Crippen LogP contribution is 2.38. The molecule has 1 aromatic carbocycles. The summed E-state index contributed by atoms with van der Waals surface area (Å²) in [6.45, 7) is 0. The molecule has 0 unspecified atom stereocenters. The van der Waals surface area contributed by atoms with E-state index >= 15 is 0 Å². The molecule has 20 heavy (non-hydrogen) atoms. The van der Waals surface area contributed by atoms with Gasteiger partial charge in [0.1, 0.15) is 16.1 Å². The van der Waals surface area contributed by atoms with Gasteiger partial charge in [-0.3, -0.25) is 0 Å². The standard InChI is InChI=1S/C15H13BrCl2N2/c16-11-7-3-6-10(8-11)12-13(17)19-15(20-14(12)18)9-4-1-2-5-9/h3,6-9H,1-2,4-5H2. The predicted octanol–water partition coefficient (Wildman–Crippen LogP) is 5.87. The van der Waals surface area contributed by atoms with E-state index in [1.807, 2.05) is 24.3 Å². The third kappa shape index (κ3) is 2.85. The molecule has 1 aliphatic rings. The van der Waals surface area contributed by atoms with Crippen molar-refractivity contribution < 1.29 is 0 Å². The zero-order chi connectivity index (χ0) is 14.1. The van der Waals surface area contributed by atoms with E-state index in [0.717, 1.165) is 28.7 Å². The first-order valence-electron chi connectivity index (χ1n) is 6.64. The van der Waals surface area contributed by atoms with Crippen molar-refractivity contribution in [2.45, 2.75) is 31.6 Å². The summed E-state index contributed by atoms with van der Waals surface area (Å²) in [5, 5.41) is 0.870. The molecule has 3 rings (SSSR count). The maximum absolute atomic E-state index is 6.35. The quantitative estimate of drug-likeness (QED) is 0.617. The molecule has 0 saturated heterocycles. The molecule has 0 spiro atoms. The predicted molar refractivity (Wildman–Crippen MR) is 86.4 cm³/mol. The van der Waals surface area contributed by atoms with Crippen molar-refractivity contribution >= 4 is 39.1 Å². The molecule has 1 saturated carbocycles. The minimum atomic E-state index is 0.404. The van der Waals surface area contributed by atoms with Gasteiger partial charge in [0.05, 0.1) is 5.56 Å². The summed E-state index contributed by atoms with van der Waals surface area (Å²) >= 11 is 16.1. The lowest BCUT2D eigenvalue weighted by molar-refractivity contribution is 0.668. The lowest BCUT2D eigenvalue weighted by Crippen LogP contribution is -2.02. The highest BCUT2D eigenvalue weighted by molar-refractivity contribution is 9.10. The molecule has 1 fully saturated rings. The molecule has 0 N–H and O–H groups in total. The van der Waals surface area contributed by atoms with Gasteiger partial charge in [0, 0.05) is 10.4 Å². The van der Waals surface area contributed by atoms with Crippen LogP contribution in [0.15, 0.2) is 28.7 Å². The summed E-state index contributed by atoms with van der Waals surface area (Å²) in [6.07, 6.45) is 4.72. The van der Waals surface area contributed by atoms with Crippen LogP contribution >= 0.6 is 39.1 Å². The van der Waals surface area contributed by atoms with Gasteiger partial charge < -0.3 is 0 Å². The Hall–Kier alpha value is -0.640. The summed E-state index contributed by atoms with van der Waals surface area (Å²) in [6, 6.07) is 7.82. The third-order valence-electron chi connectivity index (χ3n) is 3.67. The van der Waals surface area contributed by atoms with Gasteiger partial charge in [-0.1, -0.05) is 64.1 Å². The lowest BCUT2D eigenvalue weighted by Gasteiger charge is -2.12. The number of aromatic nitrogens is 2. The van der Waals surface area contributed by atoms with E-state index in [9.17, 15) is 0 Å². The molecule has 104 valence electrons. The zero-order valence-electron chi connectivity index (χ0n) is 10.7. The Morgan fingerprint density at radius 3 is 2.30 bits per heavy atom. The second-order valence-corrected chi connectivity index (χ2v) is 6.66. The number of rotatable bonds is 2. The van der Waals surface area contributed by atoms with Gasteiger partial charge in [-0.05, 0) is 30.5 Å². The Morgan fingerprint density at radius 2 is 1.70 bits per heavy atom. The van der Waals surface area contributed by atoms with Crippen molar-refractivity contribution in [2.75, 3.05) is 0 Å². The normalized spacial score (nSPS) is 15.8. The summed E-state index contributed by atoms with van der Waals surface area (Å²) in [7, 11) is 0. The number of hydrogen-bond donors (Lipinski definition) is 0. The minimum Gasteiger partial charge on any atom is -0.220 e. The van der Waals surface area contributed by atoms with E-state index in [0.29, 0.717) is 21.8 Å². The van der Waals surface area contributed by atoms with E-state index in [4.69, 9.17) is 23.2 Å². The first kappa shape index (κ1) is 14.3. The van der Waals surface area contributed by atoms with E-state index in [-0.39, 0.29) is 0 Å². The van der Waals surface area contributed by atoms with Crippen LogP contribution in [-0.2, 0) is 0 Å². The van der Waals surface area contributed by atoms with Crippen LogP contribution in [0.2, 0.25) is 10.3 Å². The number of hydrogen-bond acceptors (Lipinski definition) is 2. The van der Waals surface area contributed by atoms with Gasteiger partial charge in [0.15, 0.2) is 0 Å². The summed E-state index contributed by atoms with van der Waals surface area (Å²) in [4.78, 5) is 8.95. The van der Waals surface area contributed by atoms with Gasteiger partial charge in [0.2, 0.25) is 0 Å². The first-order valence-corrected chi connectivity index (χ1v) is 8.19. The summed E-state index contributed by atoms with van der Waals surface area (Å²) in [5.41, 5.74) is 1.63. The van der Waals surface area contributed by atoms with Crippen molar-refractivity contribution in [1.29, 1.82) is 0 Å². The molecule has 2 nitrogen and oxygen atoms in total. The number of halogens is 3. The third-order valence-corrected chi connectivity index (χ3v) is 4.71. The Labute approximate surface area is 136 Å². The molecule has 0 atom stereocenters. The van der Waals surface area contributed by atoms with Crippen molar-refractivity contribution in [3.63, 3.8) is 0 Å². The van der Waals surface area contributed by atoms with Crippen LogP contribution in [-0.4, -0.2) is 9.97 Å². The molecule has 5 heteroatoms. The van der Waals surface area contributed by atoms with E-state index in [1.165, 1.54) is 12.8 Å². The van der Waals surface area contributed by atoms with Crippen LogP contribution in [0.25, 0.3) is 11.1 Å². The molecule has 0 radical (unpaired) electrons. The molecule has 0 aliphatic heterocycles. The van der Waals surface area contributed by atoms with Crippen LogP contribution < -0.4 is 0 Å². The molecule has 1 heterocycles. The fraction of sp³-hybridized carbons (Fsp3) is 0.333. The molecule has 2 aromatic rings. The highest BCUT2D eigenvalue weighted by Gasteiger charge is 2.22. The first-order chi connectivity index (χ1) is 9.65. The Morgan fingerprint density at radius 1 is 1.05 bits per heavy atom. The van der Waals surface area contributed by atoms with Gasteiger partial charge in [-0.2, -0.15) is 0 Å². The number of nitrogens with zero attached hydrogens (tertiary/aromatic N) is 2. The second-order valence-electron chi connectivity index (χ2n) is 5.03. The van der Waals surface area contributed by atoms with E-state index < -0.39 is 0 Å².